The number of carbonyl (C=O) groups is 4. The molecule has 1 aliphatic rings. The van der Waals surface area contributed by atoms with Crippen molar-refractivity contribution in [1.29, 1.82) is 5.26 Å². The molecule has 24 heteroatoms. The molecule has 0 atom stereocenters. The molecule has 12 N–H and O–H groups in total. The molecule has 12 aromatic rings. The van der Waals surface area contributed by atoms with Crippen molar-refractivity contribution in [2.24, 2.45) is 0 Å². The van der Waals surface area contributed by atoms with E-state index in [1.807, 2.05) is 110 Å². The van der Waals surface area contributed by atoms with E-state index in [1.165, 1.54) is 24.5 Å². The molecule has 4 aromatic heterocycles. The molecule has 5 heterocycles. The van der Waals surface area contributed by atoms with Gasteiger partial charge in [0.05, 0.1) is 72.4 Å². The molecule has 1 fully saturated rings. The Labute approximate surface area is 574 Å². The molecule has 0 saturated carbocycles. The van der Waals surface area contributed by atoms with Crippen LogP contribution in [-0.4, -0.2) is 89.8 Å². The van der Waals surface area contributed by atoms with Gasteiger partial charge >= 0.3 is 0 Å². The minimum absolute atomic E-state index is 0. The summed E-state index contributed by atoms with van der Waals surface area (Å²) < 4.78 is 18.7. The van der Waals surface area contributed by atoms with Gasteiger partial charge in [0, 0.05) is 75.2 Å². The number of morpholine rings is 1. The number of nitrogens with two attached hydrogens (primary N) is 4. The number of rotatable bonds is 13. The first-order chi connectivity index (χ1) is 47.7. The number of nitrogens with zero attached hydrogens (tertiary/aromatic N) is 10. The number of aryl methyl sites for hydroxylation is 1. The summed E-state index contributed by atoms with van der Waals surface area (Å²) in [5.74, 6) is -1.81. The predicted molar refractivity (Wildman–Crippen MR) is 394 cm³/mol. The standard InChI is InChI=1S/C21H21N5O2.C18H13N5O.C18H16N4O.C17H13FN4O.8H2/c22-20-19(21(27)24-16-6-2-1-3-7-16)25-18(14-23-20)15-5-4-8-17(13-15)26-9-11-28-12-10-26;19-10-12-5-4-6-13(9-12)15-11-21-17(20)16(23-15)18(24)22-14-7-2-1-3-8-14;1-12-7-5-6-10-14(12)15-11-20-17(19)16(22-15)18(23)21-13-8-3-2-4-9-13;18-12-6-4-5-11(9-12)14-10-20-16(19)15(22-14)17(23)21-13-7-2-1-3-8-13;;;;;;;;/h1-8,13-14H,9-12H2,(H2,22,23)(H,24,27);1-9,11H,(H2,20,21)(H,22,24);2-11H,1H3,(H2,19,20)(H,21,23);1-10H,(H2,19,20)(H,21,23);8*1H. The van der Waals surface area contributed by atoms with Gasteiger partial charge in [0.2, 0.25) is 0 Å². The molecule has 4 amide bonds. The van der Waals surface area contributed by atoms with E-state index >= 15 is 0 Å². The molecule has 13 rings (SSSR count). The topological polar surface area (TPSA) is 360 Å². The fourth-order valence-electron chi connectivity index (χ4n) is 9.60. The number of nitrogen functional groups attached to an aromatic ring is 4. The van der Waals surface area contributed by atoms with Gasteiger partial charge in [-0.25, -0.2) is 44.3 Å². The number of ether oxygens (including phenoxy) is 1. The van der Waals surface area contributed by atoms with Crippen LogP contribution in [0.4, 0.5) is 56.1 Å². The van der Waals surface area contributed by atoms with E-state index in [1.54, 1.807) is 109 Å². The lowest BCUT2D eigenvalue weighted by Gasteiger charge is -2.29. The first-order valence-corrected chi connectivity index (χ1v) is 30.4. The molecule has 1 saturated heterocycles. The van der Waals surface area contributed by atoms with E-state index in [4.69, 9.17) is 32.9 Å². The van der Waals surface area contributed by atoms with Crippen molar-refractivity contribution in [3.05, 3.63) is 283 Å². The van der Waals surface area contributed by atoms with Crippen LogP contribution in [0.1, 0.15) is 64.5 Å². The first-order valence-electron chi connectivity index (χ1n) is 30.4. The van der Waals surface area contributed by atoms with Crippen molar-refractivity contribution in [1.82, 2.24) is 39.9 Å². The molecule has 502 valence electrons. The number of carbonyl (C=O) groups excluding carboxylic acids is 4. The Morgan fingerprint density at radius 1 is 0.439 bits per heavy atom. The van der Waals surface area contributed by atoms with Crippen molar-refractivity contribution >= 4 is 75.3 Å². The third-order valence-electron chi connectivity index (χ3n) is 14.5. The summed E-state index contributed by atoms with van der Waals surface area (Å²) in [6, 6.07) is 67.0. The zero-order chi connectivity index (χ0) is 68.8. The number of benzene rings is 8. The van der Waals surface area contributed by atoms with Gasteiger partial charge in [-0.3, -0.25) is 19.2 Å². The highest BCUT2D eigenvalue weighted by Crippen LogP contribution is 2.28. The van der Waals surface area contributed by atoms with Crippen LogP contribution >= 0.6 is 0 Å². The van der Waals surface area contributed by atoms with Gasteiger partial charge < -0.3 is 53.8 Å². The monoisotopic (exact) mass is 1320 g/mol. The number of hydrogen-bond acceptors (Lipinski definition) is 19. The summed E-state index contributed by atoms with van der Waals surface area (Å²) in [4.78, 5) is 85.7. The van der Waals surface area contributed by atoms with E-state index in [9.17, 15) is 23.6 Å². The van der Waals surface area contributed by atoms with Crippen LogP contribution in [0.25, 0.3) is 45.0 Å². The van der Waals surface area contributed by atoms with Crippen LogP contribution in [0.5, 0.6) is 0 Å². The molecule has 0 bridgehead atoms. The SMILES string of the molecule is Cc1ccccc1-c1cnc(N)c(C(=O)Nc2ccccc2)n1.N#Cc1cccc(-c2cnc(N)c(C(=O)Nc3ccccc3)n2)c1.Nc1ncc(-c2cccc(F)c2)nc1C(=O)Nc1ccccc1.Nc1ncc(-c2cccc(N3CCOCC3)c2)nc1C(=O)Nc1ccccc1.[HH].[HH].[HH].[HH].[HH].[HH].[HH].[HH]. The third kappa shape index (κ3) is 18.1. The number of aromatic nitrogens is 8. The summed E-state index contributed by atoms with van der Waals surface area (Å²) in [6.45, 7) is 5.12. The summed E-state index contributed by atoms with van der Waals surface area (Å²) >= 11 is 0. The van der Waals surface area contributed by atoms with Crippen molar-refractivity contribution < 1.29 is 39.7 Å². The predicted octanol–water partition coefficient (Wildman–Crippen LogP) is 14.0. The van der Waals surface area contributed by atoms with Crippen molar-refractivity contribution in [3.63, 3.8) is 0 Å². The maximum atomic E-state index is 13.3. The molecule has 0 unspecified atom stereocenters. The Morgan fingerprint density at radius 3 is 1.18 bits per heavy atom. The van der Waals surface area contributed by atoms with Gasteiger partial charge in [0.15, 0.2) is 46.0 Å². The van der Waals surface area contributed by atoms with E-state index in [0.29, 0.717) is 62.2 Å². The Balaban J connectivity index is 0.000000470. The van der Waals surface area contributed by atoms with Gasteiger partial charge in [-0.05, 0) is 97.4 Å². The van der Waals surface area contributed by atoms with Gasteiger partial charge in [0.1, 0.15) is 5.82 Å². The Bertz CT molecular complexity index is 4860. The largest absolute Gasteiger partial charge is 0.382 e. The van der Waals surface area contributed by atoms with Crippen LogP contribution in [0.2, 0.25) is 0 Å². The summed E-state index contributed by atoms with van der Waals surface area (Å²) in [5.41, 5.74) is 33.9. The lowest BCUT2D eigenvalue weighted by Crippen LogP contribution is -2.36. The van der Waals surface area contributed by atoms with Crippen LogP contribution in [-0.2, 0) is 4.74 Å². The van der Waals surface area contributed by atoms with Crippen LogP contribution < -0.4 is 49.1 Å². The number of anilines is 9. The Kier molecular flexibility index (Phi) is 22.5. The van der Waals surface area contributed by atoms with Crippen LogP contribution in [0.15, 0.2) is 243 Å². The van der Waals surface area contributed by atoms with Gasteiger partial charge in [-0.15, -0.1) is 0 Å². The smallest absolute Gasteiger partial charge is 0.278 e. The zero-order valence-corrected chi connectivity index (χ0v) is 52.6. The molecular formula is C74H79FN18O5. The lowest BCUT2D eigenvalue weighted by molar-refractivity contribution is 0.101. The normalized spacial score (nSPS) is 11.3. The van der Waals surface area contributed by atoms with Crippen molar-refractivity contribution in [2.45, 2.75) is 6.92 Å². The fraction of sp³-hybridized carbons (Fsp3) is 0.0676. The summed E-state index contributed by atoms with van der Waals surface area (Å²) in [6.07, 6.45) is 6.05. The maximum absolute atomic E-state index is 13.3. The fourth-order valence-corrected chi connectivity index (χ4v) is 9.60. The zero-order valence-electron chi connectivity index (χ0n) is 52.6. The number of nitriles is 1. The highest BCUT2D eigenvalue weighted by molar-refractivity contribution is 6.08. The second-order valence-corrected chi connectivity index (χ2v) is 21.4. The van der Waals surface area contributed by atoms with Gasteiger partial charge in [-0.1, -0.05) is 133 Å². The van der Waals surface area contributed by atoms with Crippen molar-refractivity contribution in [3.8, 4) is 51.1 Å². The molecule has 8 aromatic carbocycles. The summed E-state index contributed by atoms with van der Waals surface area (Å²) in [7, 11) is 0. The average Bonchev–Trinajstić information content (AvgIpc) is 0.813. The third-order valence-corrected chi connectivity index (χ3v) is 14.5. The number of nitrogens with one attached hydrogen (secondary N) is 4. The molecule has 0 radical (unpaired) electrons. The van der Waals surface area contributed by atoms with Crippen LogP contribution in [0, 0.1) is 24.1 Å². The van der Waals surface area contributed by atoms with Gasteiger partial charge in [-0.2, -0.15) is 5.26 Å². The second-order valence-electron chi connectivity index (χ2n) is 21.4. The quantitative estimate of drug-likeness (QED) is 0.0531. The molecular weight excluding hydrogens is 1240 g/mol. The van der Waals surface area contributed by atoms with Gasteiger partial charge in [0.25, 0.3) is 23.6 Å². The highest BCUT2D eigenvalue weighted by Gasteiger charge is 2.21. The number of para-hydroxylation sites is 4. The second kappa shape index (κ2) is 32.8. The van der Waals surface area contributed by atoms with Crippen LogP contribution in [0.3, 0.4) is 0 Å². The number of amides is 4. The Hall–Kier alpha value is -13.7. The van der Waals surface area contributed by atoms with E-state index < -0.39 is 17.6 Å². The van der Waals surface area contributed by atoms with Crippen molar-refractivity contribution in [2.75, 3.05) is 75.4 Å². The minimum atomic E-state index is -0.473. The van der Waals surface area contributed by atoms with E-state index in [-0.39, 0.29) is 69.3 Å². The first kappa shape index (κ1) is 67.2. The average molecular weight is 1320 g/mol. The molecule has 0 aliphatic carbocycles. The highest BCUT2D eigenvalue weighted by atomic mass is 19.1. The molecule has 23 nitrogen and oxygen atoms in total. The Morgan fingerprint density at radius 2 is 0.786 bits per heavy atom. The molecule has 1 aliphatic heterocycles. The number of halogens is 1. The molecule has 0 spiro atoms. The minimum Gasteiger partial charge on any atom is -0.382 e. The van der Waals surface area contributed by atoms with E-state index in [0.717, 1.165) is 48.7 Å². The van der Waals surface area contributed by atoms with E-state index in [2.05, 4.69) is 78.2 Å². The summed E-state index contributed by atoms with van der Waals surface area (Å²) in [5, 5.41) is 20.0. The number of hydrogen-bond donors (Lipinski definition) is 8. The molecule has 98 heavy (non-hydrogen) atoms. The maximum Gasteiger partial charge on any atom is 0.278 e. The lowest BCUT2D eigenvalue weighted by atomic mass is 10.1.